The van der Waals surface area contributed by atoms with Crippen LogP contribution in [-0.4, -0.2) is 66.9 Å². The first kappa shape index (κ1) is 22.8. The minimum absolute atomic E-state index is 0.218. The monoisotopic (exact) mass is 410 g/mol. The van der Waals surface area contributed by atoms with E-state index >= 15 is 0 Å². The first-order valence-corrected chi connectivity index (χ1v) is 9.25. The number of ether oxygens (including phenoxy) is 5. The van der Waals surface area contributed by atoms with Gasteiger partial charge in [-0.1, -0.05) is 30.3 Å². The Morgan fingerprint density at radius 1 is 0.897 bits per heavy atom. The van der Waals surface area contributed by atoms with E-state index in [2.05, 4.69) is 0 Å². The van der Waals surface area contributed by atoms with Gasteiger partial charge < -0.3 is 28.8 Å². The van der Waals surface area contributed by atoms with E-state index in [0.29, 0.717) is 6.42 Å². The summed E-state index contributed by atoms with van der Waals surface area (Å²) in [6.07, 6.45) is -5.15. The second-order valence-corrected chi connectivity index (χ2v) is 6.55. The summed E-state index contributed by atoms with van der Waals surface area (Å²) in [5.74, 6) is -2.00. The summed E-state index contributed by atoms with van der Waals surface area (Å²) in [5, 5.41) is 9.70. The van der Waals surface area contributed by atoms with Crippen molar-refractivity contribution >= 4 is 17.9 Å². The van der Waals surface area contributed by atoms with E-state index in [1.54, 1.807) is 0 Å². The molecule has 0 saturated carbocycles. The third kappa shape index (κ3) is 6.81. The molecule has 1 aliphatic rings. The average Bonchev–Trinajstić information content (AvgIpc) is 2.65. The Balaban J connectivity index is 2.21. The van der Waals surface area contributed by atoms with Gasteiger partial charge >= 0.3 is 17.9 Å². The van der Waals surface area contributed by atoms with Crippen LogP contribution in [-0.2, 0) is 44.5 Å². The van der Waals surface area contributed by atoms with Crippen LogP contribution in [0.1, 0.15) is 26.3 Å². The van der Waals surface area contributed by atoms with E-state index in [1.165, 1.54) is 20.8 Å². The number of carbonyl (C=O) groups excluding carboxylic acids is 3. The van der Waals surface area contributed by atoms with Crippen molar-refractivity contribution in [2.24, 2.45) is 0 Å². The van der Waals surface area contributed by atoms with Crippen molar-refractivity contribution in [3.05, 3.63) is 35.9 Å². The number of aliphatic hydroxyl groups excluding tert-OH is 1. The summed E-state index contributed by atoms with van der Waals surface area (Å²) in [6, 6.07) is 9.57. The number of aliphatic hydroxyl groups is 1. The largest absolute Gasteiger partial charge is 0.456 e. The van der Waals surface area contributed by atoms with Crippen molar-refractivity contribution in [2.45, 2.75) is 57.9 Å². The highest BCUT2D eigenvalue weighted by Crippen LogP contribution is 2.29. The standard InChI is InChI=1S/C20H26O9/c1-12(22)26-17-16(11-21)29-20(25-10-9-15-7-5-4-6-8-15)19(28-14(3)24)18(17)27-13(2)23/h4-8,16-21H,9-11H2,1-3H3/t16-,17-,18+,19-,20-/m1/s1. The molecule has 1 aromatic rings. The average molecular weight is 410 g/mol. The molecule has 0 radical (unpaired) electrons. The van der Waals surface area contributed by atoms with Gasteiger partial charge in [-0.15, -0.1) is 0 Å². The van der Waals surface area contributed by atoms with Gasteiger partial charge in [-0.2, -0.15) is 0 Å². The summed E-state index contributed by atoms with van der Waals surface area (Å²) >= 11 is 0. The second-order valence-electron chi connectivity index (χ2n) is 6.55. The van der Waals surface area contributed by atoms with Gasteiger partial charge in [0.05, 0.1) is 13.2 Å². The van der Waals surface area contributed by atoms with Crippen LogP contribution < -0.4 is 0 Å². The van der Waals surface area contributed by atoms with E-state index in [4.69, 9.17) is 23.7 Å². The molecule has 0 amide bonds. The Kier molecular flexibility index (Phi) is 8.56. The molecule has 2 rings (SSSR count). The van der Waals surface area contributed by atoms with E-state index in [1.807, 2.05) is 30.3 Å². The van der Waals surface area contributed by atoms with Crippen LogP contribution in [0.3, 0.4) is 0 Å². The Hall–Kier alpha value is -2.49. The van der Waals surface area contributed by atoms with Gasteiger partial charge in [0.2, 0.25) is 0 Å². The Morgan fingerprint density at radius 2 is 1.45 bits per heavy atom. The van der Waals surface area contributed by atoms with Crippen molar-refractivity contribution in [3.63, 3.8) is 0 Å². The van der Waals surface area contributed by atoms with Crippen molar-refractivity contribution in [1.82, 2.24) is 0 Å². The van der Waals surface area contributed by atoms with Gasteiger partial charge in [-0.05, 0) is 12.0 Å². The Morgan fingerprint density at radius 3 is 2.00 bits per heavy atom. The molecule has 0 bridgehead atoms. The molecule has 0 aliphatic carbocycles. The highest BCUT2D eigenvalue weighted by atomic mass is 16.7. The topological polar surface area (TPSA) is 118 Å². The predicted octanol–water partition coefficient (Wildman–Crippen LogP) is 0.758. The number of esters is 3. The molecule has 160 valence electrons. The smallest absolute Gasteiger partial charge is 0.303 e. The molecule has 9 heteroatoms. The number of benzene rings is 1. The highest BCUT2D eigenvalue weighted by Gasteiger charge is 2.52. The Labute approximate surface area is 168 Å². The third-order valence-electron chi connectivity index (χ3n) is 4.19. The lowest BCUT2D eigenvalue weighted by Crippen LogP contribution is -2.62. The van der Waals surface area contributed by atoms with E-state index in [9.17, 15) is 19.5 Å². The van der Waals surface area contributed by atoms with Gasteiger partial charge in [-0.25, -0.2) is 0 Å². The van der Waals surface area contributed by atoms with Gasteiger partial charge in [-0.3, -0.25) is 14.4 Å². The third-order valence-corrected chi connectivity index (χ3v) is 4.19. The fraction of sp³-hybridized carbons (Fsp3) is 0.550. The lowest BCUT2D eigenvalue weighted by Gasteiger charge is -2.43. The van der Waals surface area contributed by atoms with E-state index in [0.717, 1.165) is 5.56 Å². The summed E-state index contributed by atoms with van der Waals surface area (Å²) in [5.41, 5.74) is 1.03. The first-order chi connectivity index (χ1) is 13.8. The van der Waals surface area contributed by atoms with E-state index in [-0.39, 0.29) is 6.61 Å². The van der Waals surface area contributed by atoms with Crippen molar-refractivity contribution in [1.29, 1.82) is 0 Å². The van der Waals surface area contributed by atoms with Crippen molar-refractivity contribution in [2.75, 3.05) is 13.2 Å². The van der Waals surface area contributed by atoms with Crippen LogP contribution >= 0.6 is 0 Å². The molecule has 1 N–H and O–H groups in total. The molecule has 29 heavy (non-hydrogen) atoms. The molecule has 1 heterocycles. The zero-order valence-electron chi connectivity index (χ0n) is 16.6. The molecule has 9 nitrogen and oxygen atoms in total. The second kappa shape index (κ2) is 10.9. The maximum Gasteiger partial charge on any atom is 0.303 e. The van der Waals surface area contributed by atoms with Gasteiger partial charge in [0.25, 0.3) is 0 Å². The molecule has 0 unspecified atom stereocenters. The van der Waals surface area contributed by atoms with Crippen LogP contribution in [0.5, 0.6) is 0 Å². The highest BCUT2D eigenvalue weighted by molar-refractivity contribution is 5.68. The van der Waals surface area contributed by atoms with Gasteiger partial charge in [0, 0.05) is 20.8 Å². The maximum absolute atomic E-state index is 11.6. The molecule has 0 aromatic heterocycles. The van der Waals surface area contributed by atoms with E-state index < -0.39 is 55.2 Å². The van der Waals surface area contributed by atoms with Crippen molar-refractivity contribution < 1.29 is 43.2 Å². The molecule has 0 spiro atoms. The zero-order chi connectivity index (χ0) is 21.4. The minimum atomic E-state index is -1.20. The van der Waals surface area contributed by atoms with Crippen LogP contribution in [0.2, 0.25) is 0 Å². The molecule has 1 saturated heterocycles. The SMILES string of the molecule is CC(=O)O[C@@H]1[C@@H](OC(C)=O)[C@H](OCCc2ccccc2)O[C@H](CO)[C@H]1OC(C)=O. The maximum atomic E-state index is 11.6. The van der Waals surface area contributed by atoms with Crippen LogP contribution in [0.4, 0.5) is 0 Å². The normalized spacial score (nSPS) is 26.4. The quantitative estimate of drug-likeness (QED) is 0.489. The van der Waals surface area contributed by atoms with Gasteiger partial charge in [0.15, 0.2) is 24.6 Å². The molecule has 1 aliphatic heterocycles. The van der Waals surface area contributed by atoms with Crippen LogP contribution in [0.25, 0.3) is 0 Å². The summed E-state index contributed by atoms with van der Waals surface area (Å²) < 4.78 is 27.2. The summed E-state index contributed by atoms with van der Waals surface area (Å²) in [6.45, 7) is 3.22. The number of carbonyl (C=O) groups is 3. The fourth-order valence-corrected chi connectivity index (χ4v) is 3.07. The molecule has 1 fully saturated rings. The van der Waals surface area contributed by atoms with Crippen LogP contribution in [0.15, 0.2) is 30.3 Å². The number of hydrogen-bond acceptors (Lipinski definition) is 9. The Bertz CT molecular complexity index is 690. The first-order valence-electron chi connectivity index (χ1n) is 9.25. The zero-order valence-corrected chi connectivity index (χ0v) is 16.6. The predicted molar refractivity (Wildman–Crippen MR) is 98.5 cm³/mol. The molecule has 5 atom stereocenters. The summed E-state index contributed by atoms with van der Waals surface area (Å²) in [4.78, 5) is 34.8. The number of hydrogen-bond donors (Lipinski definition) is 1. The minimum Gasteiger partial charge on any atom is -0.456 e. The number of rotatable bonds is 8. The molecular weight excluding hydrogens is 384 g/mol. The fourth-order valence-electron chi connectivity index (χ4n) is 3.07. The molecular formula is C20H26O9. The van der Waals surface area contributed by atoms with Gasteiger partial charge in [0.1, 0.15) is 6.10 Å². The lowest BCUT2D eigenvalue weighted by molar-refractivity contribution is -0.307. The lowest BCUT2D eigenvalue weighted by atomic mass is 9.98. The van der Waals surface area contributed by atoms with Crippen molar-refractivity contribution in [3.8, 4) is 0 Å². The molecule has 1 aromatic carbocycles. The van der Waals surface area contributed by atoms with Crippen LogP contribution in [0, 0.1) is 0 Å². The summed E-state index contributed by atoms with van der Waals surface area (Å²) in [7, 11) is 0.